The van der Waals surface area contributed by atoms with E-state index in [1.807, 2.05) is 41.3 Å². The fraction of sp³-hybridized carbons (Fsp3) is 0.214. The van der Waals surface area contributed by atoms with Crippen LogP contribution in [-0.2, 0) is 12.8 Å². The van der Waals surface area contributed by atoms with Crippen molar-refractivity contribution in [3.63, 3.8) is 0 Å². The number of aryl methyl sites for hydroxylation is 2. The second kappa shape index (κ2) is 5.56. The summed E-state index contributed by atoms with van der Waals surface area (Å²) in [6.45, 7) is 0. The summed E-state index contributed by atoms with van der Waals surface area (Å²) >= 11 is 0. The van der Waals surface area contributed by atoms with Gasteiger partial charge in [-0.1, -0.05) is 0 Å². The van der Waals surface area contributed by atoms with E-state index in [0.717, 1.165) is 35.7 Å². The van der Waals surface area contributed by atoms with E-state index in [4.69, 9.17) is 4.74 Å². The van der Waals surface area contributed by atoms with Crippen molar-refractivity contribution < 1.29 is 4.74 Å². The number of ether oxygens (including phenoxy) is 1. The van der Waals surface area contributed by atoms with Crippen LogP contribution < -0.4 is 4.74 Å². The topological polar surface area (TPSA) is 68.6 Å². The molecule has 0 saturated carbocycles. The molecule has 1 aromatic carbocycles. The number of methoxy groups -OCH3 is 1. The summed E-state index contributed by atoms with van der Waals surface area (Å²) in [4.78, 5) is 4.32. The minimum atomic E-state index is 0.811. The molecule has 0 bridgehead atoms. The monoisotopic (exact) mass is 269 g/mol. The van der Waals surface area contributed by atoms with E-state index in [0.29, 0.717) is 0 Å². The van der Waals surface area contributed by atoms with E-state index in [2.05, 4.69) is 20.3 Å². The first-order valence-corrected chi connectivity index (χ1v) is 6.38. The van der Waals surface area contributed by atoms with Crippen LogP contribution in [0.2, 0.25) is 0 Å². The summed E-state index contributed by atoms with van der Waals surface area (Å²) in [5.41, 5.74) is 2.14. The van der Waals surface area contributed by atoms with Crippen LogP contribution >= 0.6 is 0 Å². The summed E-state index contributed by atoms with van der Waals surface area (Å²) in [6, 6.07) is 7.76. The lowest BCUT2D eigenvalue weighted by Crippen LogP contribution is -2.04. The number of aromatic amines is 1. The second-order valence-corrected chi connectivity index (χ2v) is 4.39. The van der Waals surface area contributed by atoms with Gasteiger partial charge in [-0.25, -0.2) is 9.67 Å². The van der Waals surface area contributed by atoms with Gasteiger partial charge in [0.1, 0.15) is 17.9 Å². The molecule has 0 atom stereocenters. The summed E-state index contributed by atoms with van der Waals surface area (Å²) in [5, 5.41) is 11.0. The highest BCUT2D eigenvalue weighted by atomic mass is 16.5. The lowest BCUT2D eigenvalue weighted by molar-refractivity contribution is 0.414. The molecule has 102 valence electrons. The first-order chi connectivity index (χ1) is 9.86. The molecule has 0 unspecified atom stereocenters. The quantitative estimate of drug-likeness (QED) is 0.766. The Morgan fingerprint density at radius 3 is 2.75 bits per heavy atom. The van der Waals surface area contributed by atoms with E-state index in [1.165, 1.54) is 0 Å². The molecule has 0 aliphatic heterocycles. The Morgan fingerprint density at radius 2 is 2.05 bits per heavy atom. The molecule has 3 aromatic rings. The first kappa shape index (κ1) is 12.4. The molecule has 6 nitrogen and oxygen atoms in total. The molecule has 1 N–H and O–H groups in total. The SMILES string of the molecule is COc1ccc(-n2ncnc2CCc2cn[nH]c2)cc1. The molecule has 0 fully saturated rings. The van der Waals surface area contributed by atoms with Crippen LogP contribution in [0.1, 0.15) is 11.4 Å². The molecule has 2 heterocycles. The molecule has 6 heteroatoms. The Balaban J connectivity index is 1.78. The van der Waals surface area contributed by atoms with Crippen LogP contribution in [0.15, 0.2) is 43.0 Å². The van der Waals surface area contributed by atoms with Crippen molar-refractivity contribution in [2.24, 2.45) is 0 Å². The van der Waals surface area contributed by atoms with Gasteiger partial charge in [-0.05, 0) is 36.2 Å². The molecule has 3 rings (SSSR count). The maximum absolute atomic E-state index is 5.16. The van der Waals surface area contributed by atoms with E-state index < -0.39 is 0 Å². The molecule has 2 aromatic heterocycles. The Kier molecular flexibility index (Phi) is 3.45. The van der Waals surface area contributed by atoms with Gasteiger partial charge < -0.3 is 4.74 Å². The molecular formula is C14H15N5O. The minimum absolute atomic E-state index is 0.811. The zero-order chi connectivity index (χ0) is 13.8. The van der Waals surface area contributed by atoms with Crippen LogP contribution in [0.3, 0.4) is 0 Å². The highest BCUT2D eigenvalue weighted by molar-refractivity contribution is 5.37. The van der Waals surface area contributed by atoms with Gasteiger partial charge in [0.05, 0.1) is 19.0 Å². The standard InChI is InChI=1S/C14H15N5O/c1-20-13-5-3-12(4-6-13)19-14(15-10-18-19)7-2-11-8-16-17-9-11/h3-6,8-10H,2,7H2,1H3,(H,16,17). The lowest BCUT2D eigenvalue weighted by atomic mass is 10.2. The van der Waals surface area contributed by atoms with Crippen LogP contribution in [0.4, 0.5) is 0 Å². The van der Waals surface area contributed by atoms with Crippen LogP contribution in [0.25, 0.3) is 5.69 Å². The average molecular weight is 269 g/mol. The third-order valence-corrected chi connectivity index (χ3v) is 3.13. The van der Waals surface area contributed by atoms with Crippen molar-refractivity contribution in [3.8, 4) is 11.4 Å². The van der Waals surface area contributed by atoms with Gasteiger partial charge in [-0.3, -0.25) is 5.10 Å². The minimum Gasteiger partial charge on any atom is -0.497 e. The van der Waals surface area contributed by atoms with Crippen molar-refractivity contribution in [3.05, 3.63) is 54.4 Å². The number of nitrogens with zero attached hydrogens (tertiary/aromatic N) is 4. The summed E-state index contributed by atoms with van der Waals surface area (Å²) in [6.07, 6.45) is 6.99. The number of H-pyrrole nitrogens is 1. The molecule has 0 aliphatic carbocycles. The second-order valence-electron chi connectivity index (χ2n) is 4.39. The highest BCUT2D eigenvalue weighted by Gasteiger charge is 2.07. The number of hydrogen-bond donors (Lipinski definition) is 1. The molecule has 0 saturated heterocycles. The van der Waals surface area contributed by atoms with Gasteiger partial charge >= 0.3 is 0 Å². The van der Waals surface area contributed by atoms with Gasteiger partial charge in [0.2, 0.25) is 0 Å². The summed E-state index contributed by atoms with van der Waals surface area (Å²) < 4.78 is 7.00. The summed E-state index contributed by atoms with van der Waals surface area (Å²) in [5.74, 6) is 1.75. The highest BCUT2D eigenvalue weighted by Crippen LogP contribution is 2.15. The Morgan fingerprint density at radius 1 is 1.20 bits per heavy atom. The maximum atomic E-state index is 5.16. The van der Waals surface area contributed by atoms with E-state index in [1.54, 1.807) is 13.4 Å². The zero-order valence-corrected chi connectivity index (χ0v) is 11.2. The van der Waals surface area contributed by atoms with Gasteiger partial charge in [0.25, 0.3) is 0 Å². The van der Waals surface area contributed by atoms with Gasteiger partial charge in [0.15, 0.2) is 0 Å². The number of aromatic nitrogens is 5. The van der Waals surface area contributed by atoms with Crippen molar-refractivity contribution in [2.75, 3.05) is 7.11 Å². The fourth-order valence-corrected chi connectivity index (χ4v) is 2.05. The van der Waals surface area contributed by atoms with Crippen LogP contribution in [0.5, 0.6) is 5.75 Å². The lowest BCUT2D eigenvalue weighted by Gasteiger charge is -2.06. The summed E-state index contributed by atoms with van der Waals surface area (Å²) in [7, 11) is 1.65. The average Bonchev–Trinajstić information content (AvgIpc) is 3.16. The number of benzene rings is 1. The van der Waals surface area contributed by atoms with E-state index in [-0.39, 0.29) is 0 Å². The molecular weight excluding hydrogens is 254 g/mol. The molecule has 0 spiro atoms. The van der Waals surface area contributed by atoms with Crippen molar-refractivity contribution in [2.45, 2.75) is 12.8 Å². The number of hydrogen-bond acceptors (Lipinski definition) is 4. The molecule has 20 heavy (non-hydrogen) atoms. The number of rotatable bonds is 5. The molecule has 0 aliphatic rings. The normalized spacial score (nSPS) is 10.7. The van der Waals surface area contributed by atoms with E-state index in [9.17, 15) is 0 Å². The fourth-order valence-electron chi connectivity index (χ4n) is 2.05. The van der Waals surface area contributed by atoms with Gasteiger partial charge in [-0.2, -0.15) is 10.2 Å². The van der Waals surface area contributed by atoms with Crippen LogP contribution in [-0.4, -0.2) is 32.1 Å². The first-order valence-electron chi connectivity index (χ1n) is 6.38. The number of nitrogens with one attached hydrogen (secondary N) is 1. The van der Waals surface area contributed by atoms with Crippen molar-refractivity contribution in [1.82, 2.24) is 25.0 Å². The van der Waals surface area contributed by atoms with Gasteiger partial charge in [-0.15, -0.1) is 0 Å². The predicted octanol–water partition coefficient (Wildman–Crippen LogP) is 1.78. The maximum Gasteiger partial charge on any atom is 0.138 e. The van der Waals surface area contributed by atoms with E-state index >= 15 is 0 Å². The molecule has 0 amide bonds. The third kappa shape index (κ3) is 2.54. The van der Waals surface area contributed by atoms with Crippen molar-refractivity contribution in [1.29, 1.82) is 0 Å². The molecule has 0 radical (unpaired) electrons. The zero-order valence-electron chi connectivity index (χ0n) is 11.2. The Hall–Kier alpha value is -2.63. The Labute approximate surface area is 116 Å². The Bertz CT molecular complexity index is 657. The van der Waals surface area contributed by atoms with Crippen LogP contribution in [0, 0.1) is 0 Å². The van der Waals surface area contributed by atoms with Gasteiger partial charge in [0, 0.05) is 12.6 Å². The third-order valence-electron chi connectivity index (χ3n) is 3.13. The smallest absolute Gasteiger partial charge is 0.138 e. The predicted molar refractivity (Wildman–Crippen MR) is 73.9 cm³/mol. The largest absolute Gasteiger partial charge is 0.497 e. The van der Waals surface area contributed by atoms with Crippen molar-refractivity contribution >= 4 is 0 Å².